The Balaban J connectivity index is 2.98. The average Bonchev–Trinajstić information content (AvgIpc) is 2.23. The molecule has 1 aromatic rings. The first kappa shape index (κ1) is 12.1. The molecule has 1 amide bonds. The van der Waals surface area contributed by atoms with Gasteiger partial charge in [0.25, 0.3) is 5.91 Å². The van der Waals surface area contributed by atoms with Gasteiger partial charge >= 0.3 is 0 Å². The van der Waals surface area contributed by atoms with Gasteiger partial charge in [0.05, 0.1) is 0 Å². The van der Waals surface area contributed by atoms with Crippen molar-refractivity contribution in [2.24, 2.45) is 0 Å². The van der Waals surface area contributed by atoms with Crippen molar-refractivity contribution in [3.63, 3.8) is 0 Å². The van der Waals surface area contributed by atoms with Gasteiger partial charge in [-0.1, -0.05) is 6.08 Å². The number of hydrogen-bond acceptors (Lipinski definition) is 3. The molecule has 0 aliphatic heterocycles. The number of nitrogens with two attached hydrogens (primary N) is 2. The lowest BCUT2D eigenvalue weighted by atomic mass is 10.1. The molecule has 4 heteroatoms. The Kier molecular flexibility index (Phi) is 3.94. The van der Waals surface area contributed by atoms with Crippen LogP contribution in [0.5, 0.6) is 0 Å². The van der Waals surface area contributed by atoms with Crippen molar-refractivity contribution < 1.29 is 4.79 Å². The monoisotopic (exact) mass is 219 g/mol. The highest BCUT2D eigenvalue weighted by Gasteiger charge is 2.13. The Morgan fingerprint density at radius 1 is 1.38 bits per heavy atom. The molecule has 0 aliphatic carbocycles. The first-order chi connectivity index (χ1) is 7.58. The molecule has 1 aromatic carbocycles. The summed E-state index contributed by atoms with van der Waals surface area (Å²) < 4.78 is 0. The molecule has 0 heterocycles. The highest BCUT2D eigenvalue weighted by molar-refractivity contribution is 5.96. The minimum Gasteiger partial charge on any atom is -0.399 e. The lowest BCUT2D eigenvalue weighted by Gasteiger charge is -2.19. The smallest absolute Gasteiger partial charge is 0.254 e. The van der Waals surface area contributed by atoms with Crippen LogP contribution in [-0.2, 0) is 0 Å². The second-order valence-corrected chi connectivity index (χ2v) is 3.52. The zero-order valence-corrected chi connectivity index (χ0v) is 9.44. The van der Waals surface area contributed by atoms with Gasteiger partial charge in [-0.25, -0.2) is 0 Å². The highest BCUT2D eigenvalue weighted by atomic mass is 16.2. The van der Waals surface area contributed by atoms with Crippen molar-refractivity contribution in [3.8, 4) is 0 Å². The maximum atomic E-state index is 12.0. The molecule has 16 heavy (non-hydrogen) atoms. The largest absolute Gasteiger partial charge is 0.399 e. The molecule has 0 saturated heterocycles. The Hall–Kier alpha value is -1.97. The van der Waals surface area contributed by atoms with Crippen molar-refractivity contribution in [2.45, 2.75) is 6.92 Å². The molecule has 0 aliphatic rings. The molecule has 86 valence electrons. The summed E-state index contributed by atoms with van der Waals surface area (Å²) in [5.41, 5.74) is 12.8. The summed E-state index contributed by atoms with van der Waals surface area (Å²) in [6.45, 7) is 6.67. The van der Waals surface area contributed by atoms with Crippen LogP contribution in [-0.4, -0.2) is 23.9 Å². The van der Waals surface area contributed by atoms with Crippen LogP contribution in [0.15, 0.2) is 30.9 Å². The zero-order valence-electron chi connectivity index (χ0n) is 9.44. The molecule has 0 radical (unpaired) electrons. The number of amides is 1. The van der Waals surface area contributed by atoms with Crippen LogP contribution in [0.4, 0.5) is 11.4 Å². The minimum atomic E-state index is -0.0820. The molecule has 0 unspecified atom stereocenters. The van der Waals surface area contributed by atoms with Gasteiger partial charge in [0.15, 0.2) is 0 Å². The van der Waals surface area contributed by atoms with Crippen LogP contribution in [0.3, 0.4) is 0 Å². The van der Waals surface area contributed by atoms with Gasteiger partial charge in [-0.2, -0.15) is 0 Å². The molecular formula is C12H17N3O. The van der Waals surface area contributed by atoms with E-state index in [2.05, 4.69) is 6.58 Å². The number of rotatable bonds is 4. The normalized spacial score (nSPS) is 9.81. The third-order valence-corrected chi connectivity index (χ3v) is 2.24. The van der Waals surface area contributed by atoms with E-state index in [4.69, 9.17) is 11.5 Å². The van der Waals surface area contributed by atoms with Crippen LogP contribution >= 0.6 is 0 Å². The molecule has 0 atom stereocenters. The molecule has 4 N–H and O–H groups in total. The van der Waals surface area contributed by atoms with Crippen molar-refractivity contribution in [3.05, 3.63) is 36.4 Å². The molecule has 0 bridgehead atoms. The second-order valence-electron chi connectivity index (χ2n) is 3.52. The van der Waals surface area contributed by atoms with Crippen LogP contribution in [0, 0.1) is 0 Å². The second kappa shape index (κ2) is 5.21. The lowest BCUT2D eigenvalue weighted by molar-refractivity contribution is 0.0782. The molecular weight excluding hydrogens is 202 g/mol. The predicted molar refractivity (Wildman–Crippen MR) is 67.0 cm³/mol. The number of carbonyl (C=O) groups excluding carboxylic acids is 1. The minimum absolute atomic E-state index is 0.0820. The van der Waals surface area contributed by atoms with E-state index in [-0.39, 0.29) is 5.91 Å². The number of anilines is 2. The van der Waals surface area contributed by atoms with Crippen LogP contribution in [0.25, 0.3) is 0 Å². The van der Waals surface area contributed by atoms with E-state index in [0.29, 0.717) is 30.0 Å². The maximum Gasteiger partial charge on any atom is 0.254 e. The average molecular weight is 219 g/mol. The van der Waals surface area contributed by atoms with E-state index in [1.54, 1.807) is 29.2 Å². The van der Waals surface area contributed by atoms with E-state index >= 15 is 0 Å². The summed E-state index contributed by atoms with van der Waals surface area (Å²) in [6.07, 6.45) is 1.69. The number of nitrogen functional groups attached to an aromatic ring is 2. The number of hydrogen-bond donors (Lipinski definition) is 2. The Labute approximate surface area is 95.5 Å². The molecule has 0 spiro atoms. The first-order valence-electron chi connectivity index (χ1n) is 5.14. The van der Waals surface area contributed by atoms with Gasteiger partial charge < -0.3 is 16.4 Å². The third-order valence-electron chi connectivity index (χ3n) is 2.24. The van der Waals surface area contributed by atoms with Gasteiger partial charge in [-0.3, -0.25) is 4.79 Å². The van der Waals surface area contributed by atoms with Crippen LogP contribution in [0.1, 0.15) is 17.3 Å². The van der Waals surface area contributed by atoms with Gasteiger partial charge in [0.1, 0.15) is 0 Å². The topological polar surface area (TPSA) is 72.3 Å². The summed E-state index contributed by atoms with van der Waals surface area (Å²) in [5.74, 6) is -0.0820. The Morgan fingerprint density at radius 2 is 1.94 bits per heavy atom. The van der Waals surface area contributed by atoms with Gasteiger partial charge in [0, 0.05) is 30.0 Å². The fourth-order valence-electron chi connectivity index (χ4n) is 1.49. The van der Waals surface area contributed by atoms with Gasteiger partial charge in [0.2, 0.25) is 0 Å². The van der Waals surface area contributed by atoms with E-state index in [9.17, 15) is 4.79 Å². The lowest BCUT2D eigenvalue weighted by Crippen LogP contribution is -2.30. The molecule has 0 fully saturated rings. The molecule has 1 rings (SSSR count). The van der Waals surface area contributed by atoms with Crippen molar-refractivity contribution in [1.29, 1.82) is 0 Å². The van der Waals surface area contributed by atoms with Crippen LogP contribution < -0.4 is 11.5 Å². The number of likely N-dealkylation sites (N-methyl/N-ethyl adjacent to an activating group) is 1. The molecule has 0 aromatic heterocycles. The fraction of sp³-hybridized carbons (Fsp3) is 0.250. The maximum absolute atomic E-state index is 12.0. The fourth-order valence-corrected chi connectivity index (χ4v) is 1.49. The van der Waals surface area contributed by atoms with Crippen molar-refractivity contribution >= 4 is 17.3 Å². The SMILES string of the molecule is C=CCN(CC)C(=O)c1cc(N)cc(N)c1. The first-order valence-corrected chi connectivity index (χ1v) is 5.14. The highest BCUT2D eigenvalue weighted by Crippen LogP contribution is 2.15. The third kappa shape index (κ3) is 2.76. The standard InChI is InChI=1S/C12H17N3O/c1-3-5-15(4-2)12(16)9-6-10(13)8-11(14)7-9/h3,6-8H,1,4-5,13-14H2,2H3. The Morgan fingerprint density at radius 3 is 2.38 bits per heavy atom. The summed E-state index contributed by atoms with van der Waals surface area (Å²) in [7, 11) is 0. The summed E-state index contributed by atoms with van der Waals surface area (Å²) >= 11 is 0. The van der Waals surface area contributed by atoms with E-state index in [0.717, 1.165) is 0 Å². The summed E-state index contributed by atoms with van der Waals surface area (Å²) in [4.78, 5) is 13.7. The predicted octanol–water partition coefficient (Wildman–Crippen LogP) is 1.50. The Bertz CT molecular complexity index is 381. The number of carbonyl (C=O) groups is 1. The number of nitrogens with zero attached hydrogens (tertiary/aromatic N) is 1. The van der Waals surface area contributed by atoms with E-state index in [1.807, 2.05) is 6.92 Å². The van der Waals surface area contributed by atoms with Crippen molar-refractivity contribution in [2.75, 3.05) is 24.6 Å². The van der Waals surface area contributed by atoms with Gasteiger partial charge in [-0.15, -0.1) is 6.58 Å². The van der Waals surface area contributed by atoms with E-state index < -0.39 is 0 Å². The molecule has 0 saturated carbocycles. The van der Waals surface area contributed by atoms with Crippen molar-refractivity contribution in [1.82, 2.24) is 4.90 Å². The quantitative estimate of drug-likeness (QED) is 0.595. The summed E-state index contributed by atoms with van der Waals surface area (Å²) in [5, 5.41) is 0. The number of benzene rings is 1. The summed E-state index contributed by atoms with van der Waals surface area (Å²) in [6, 6.07) is 4.88. The molecule has 4 nitrogen and oxygen atoms in total. The van der Waals surface area contributed by atoms with Gasteiger partial charge in [-0.05, 0) is 25.1 Å². The zero-order chi connectivity index (χ0) is 12.1. The van der Waals surface area contributed by atoms with Crippen LogP contribution in [0.2, 0.25) is 0 Å². The van der Waals surface area contributed by atoms with E-state index in [1.165, 1.54) is 0 Å².